The number of nitrogens with one attached hydrogen (secondary N) is 1. The van der Waals surface area contributed by atoms with Gasteiger partial charge in [0.2, 0.25) is 0 Å². The van der Waals surface area contributed by atoms with E-state index in [1.54, 1.807) is 33.8 Å². The number of carbonyl (C=O) groups excluding carboxylic acids is 1. The Morgan fingerprint density at radius 2 is 1.67 bits per heavy atom. The van der Waals surface area contributed by atoms with Crippen molar-refractivity contribution in [3.63, 3.8) is 0 Å². The minimum absolute atomic E-state index is 0.285. The summed E-state index contributed by atoms with van der Waals surface area (Å²) in [4.78, 5) is 13.0. The van der Waals surface area contributed by atoms with Crippen LogP contribution < -0.4 is 5.32 Å². The molecule has 1 aliphatic rings. The summed E-state index contributed by atoms with van der Waals surface area (Å²) in [5.74, 6) is -0.121. The van der Waals surface area contributed by atoms with Crippen LogP contribution in [-0.4, -0.2) is 25.5 Å². The number of hydrogen-bond acceptors (Lipinski definition) is 3. The first-order chi connectivity index (χ1) is 14.7. The minimum atomic E-state index is -0.299. The molecular weight excluding hydrogens is 381 g/mol. The normalized spacial score (nSPS) is 13.1. The van der Waals surface area contributed by atoms with Crippen molar-refractivity contribution in [1.82, 2.24) is 19.6 Å². The van der Waals surface area contributed by atoms with E-state index in [1.165, 1.54) is 12.1 Å². The van der Waals surface area contributed by atoms with Crippen LogP contribution in [0.5, 0.6) is 0 Å². The van der Waals surface area contributed by atoms with Crippen molar-refractivity contribution in [2.45, 2.75) is 25.7 Å². The van der Waals surface area contributed by atoms with Crippen LogP contribution in [-0.2, 0) is 12.8 Å². The molecule has 4 aromatic rings. The highest BCUT2D eigenvalue weighted by atomic mass is 19.1. The third-order valence-corrected chi connectivity index (χ3v) is 5.32. The lowest BCUT2D eigenvalue weighted by molar-refractivity contribution is 0.102. The summed E-state index contributed by atoms with van der Waals surface area (Å²) < 4.78 is 16.8. The average molecular weight is 401 g/mol. The summed E-state index contributed by atoms with van der Waals surface area (Å²) >= 11 is 0. The maximum Gasteiger partial charge on any atom is 0.277 e. The molecule has 7 heteroatoms. The zero-order chi connectivity index (χ0) is 20.5. The number of aromatic nitrogens is 4. The van der Waals surface area contributed by atoms with Gasteiger partial charge in [-0.2, -0.15) is 10.2 Å². The van der Waals surface area contributed by atoms with Gasteiger partial charge >= 0.3 is 0 Å². The first kappa shape index (κ1) is 18.3. The van der Waals surface area contributed by atoms with Crippen LogP contribution in [0.2, 0.25) is 0 Å². The summed E-state index contributed by atoms with van der Waals surface area (Å²) in [6, 6.07) is 17.6. The van der Waals surface area contributed by atoms with E-state index < -0.39 is 0 Å². The molecule has 2 aromatic heterocycles. The van der Waals surface area contributed by atoms with Gasteiger partial charge in [-0.1, -0.05) is 18.2 Å². The Morgan fingerprint density at radius 3 is 2.47 bits per heavy atom. The Balaban J connectivity index is 1.45. The Kier molecular flexibility index (Phi) is 4.63. The molecule has 0 saturated carbocycles. The van der Waals surface area contributed by atoms with Gasteiger partial charge in [-0.15, -0.1) is 0 Å². The number of hydrogen-bond donors (Lipinski definition) is 1. The number of benzene rings is 2. The predicted octanol–water partition coefficient (Wildman–Crippen LogP) is 4.33. The van der Waals surface area contributed by atoms with Crippen molar-refractivity contribution >= 4 is 11.7 Å². The van der Waals surface area contributed by atoms with Gasteiger partial charge < -0.3 is 5.32 Å². The van der Waals surface area contributed by atoms with Crippen molar-refractivity contribution in [2.24, 2.45) is 0 Å². The Labute approximate surface area is 173 Å². The van der Waals surface area contributed by atoms with E-state index in [0.29, 0.717) is 11.5 Å². The fraction of sp³-hybridized carbons (Fsp3) is 0.174. The summed E-state index contributed by atoms with van der Waals surface area (Å²) in [5, 5.41) is 11.9. The SMILES string of the molecule is O=C(Nc1ccn(-c2ccccc2)n1)c1nn(-c2ccc(F)cc2)c2c1CCCC2. The van der Waals surface area contributed by atoms with Crippen molar-refractivity contribution in [3.05, 3.63) is 89.6 Å². The van der Waals surface area contributed by atoms with Crippen LogP contribution in [0, 0.1) is 5.82 Å². The maximum atomic E-state index is 13.3. The topological polar surface area (TPSA) is 64.7 Å². The third-order valence-electron chi connectivity index (χ3n) is 5.32. The number of anilines is 1. The van der Waals surface area contributed by atoms with E-state index in [0.717, 1.165) is 48.3 Å². The van der Waals surface area contributed by atoms with E-state index >= 15 is 0 Å². The summed E-state index contributed by atoms with van der Waals surface area (Å²) in [5.41, 5.74) is 4.06. The number of halogens is 1. The van der Waals surface area contributed by atoms with Crippen LogP contribution >= 0.6 is 0 Å². The van der Waals surface area contributed by atoms with E-state index in [4.69, 9.17) is 0 Å². The molecule has 2 aromatic carbocycles. The van der Waals surface area contributed by atoms with Gasteiger partial charge in [0, 0.05) is 23.5 Å². The summed E-state index contributed by atoms with van der Waals surface area (Å²) in [6.45, 7) is 0. The van der Waals surface area contributed by atoms with E-state index in [2.05, 4.69) is 15.5 Å². The molecule has 0 radical (unpaired) electrons. The number of rotatable bonds is 4. The molecule has 30 heavy (non-hydrogen) atoms. The highest BCUT2D eigenvalue weighted by molar-refractivity contribution is 6.03. The number of fused-ring (bicyclic) bond motifs is 1. The monoisotopic (exact) mass is 401 g/mol. The second kappa shape index (κ2) is 7.59. The number of para-hydroxylation sites is 1. The molecule has 0 saturated heterocycles. The summed E-state index contributed by atoms with van der Waals surface area (Å²) in [7, 11) is 0. The first-order valence-electron chi connectivity index (χ1n) is 9.98. The first-order valence-corrected chi connectivity index (χ1v) is 9.98. The molecule has 0 fully saturated rings. The van der Waals surface area contributed by atoms with Gasteiger partial charge in [0.05, 0.1) is 11.4 Å². The molecule has 0 spiro atoms. The molecule has 2 heterocycles. The molecular formula is C23H20FN5O. The Morgan fingerprint density at radius 1 is 0.900 bits per heavy atom. The van der Waals surface area contributed by atoms with Gasteiger partial charge in [-0.25, -0.2) is 13.8 Å². The van der Waals surface area contributed by atoms with Crippen LogP contribution in [0.25, 0.3) is 11.4 Å². The molecule has 0 unspecified atom stereocenters. The minimum Gasteiger partial charge on any atom is -0.304 e. The van der Waals surface area contributed by atoms with E-state index in [-0.39, 0.29) is 11.7 Å². The van der Waals surface area contributed by atoms with Gasteiger partial charge in [-0.05, 0) is 62.1 Å². The fourth-order valence-electron chi connectivity index (χ4n) is 3.87. The lowest BCUT2D eigenvalue weighted by atomic mass is 9.95. The second-order valence-electron chi connectivity index (χ2n) is 7.30. The second-order valence-corrected chi connectivity index (χ2v) is 7.30. The predicted molar refractivity (Wildman–Crippen MR) is 112 cm³/mol. The number of amides is 1. The number of carbonyl (C=O) groups is 1. The highest BCUT2D eigenvalue weighted by Gasteiger charge is 2.26. The molecule has 6 nitrogen and oxygen atoms in total. The molecule has 0 bridgehead atoms. The van der Waals surface area contributed by atoms with Crippen LogP contribution in [0.3, 0.4) is 0 Å². The van der Waals surface area contributed by atoms with Crippen LogP contribution in [0.1, 0.15) is 34.6 Å². The molecule has 1 amide bonds. The van der Waals surface area contributed by atoms with Gasteiger partial charge in [0.25, 0.3) is 5.91 Å². The molecule has 1 aliphatic carbocycles. The van der Waals surface area contributed by atoms with Crippen molar-refractivity contribution < 1.29 is 9.18 Å². The Hall–Kier alpha value is -3.74. The molecule has 1 N–H and O–H groups in total. The van der Waals surface area contributed by atoms with Crippen LogP contribution in [0.15, 0.2) is 66.9 Å². The largest absolute Gasteiger partial charge is 0.304 e. The van der Waals surface area contributed by atoms with Crippen molar-refractivity contribution in [3.8, 4) is 11.4 Å². The highest BCUT2D eigenvalue weighted by Crippen LogP contribution is 2.27. The van der Waals surface area contributed by atoms with E-state index in [9.17, 15) is 9.18 Å². The molecule has 150 valence electrons. The smallest absolute Gasteiger partial charge is 0.277 e. The average Bonchev–Trinajstić information content (AvgIpc) is 3.40. The zero-order valence-electron chi connectivity index (χ0n) is 16.3. The van der Waals surface area contributed by atoms with Gasteiger partial charge in [0.15, 0.2) is 11.5 Å². The van der Waals surface area contributed by atoms with Crippen molar-refractivity contribution in [2.75, 3.05) is 5.32 Å². The Bertz CT molecular complexity index is 1190. The summed E-state index contributed by atoms with van der Waals surface area (Å²) in [6.07, 6.45) is 5.51. The quantitative estimate of drug-likeness (QED) is 0.554. The standard InChI is InChI=1S/C23H20FN5O/c24-16-10-12-18(13-11-16)29-20-9-5-4-8-19(20)22(27-29)23(30)25-21-14-15-28(26-21)17-6-2-1-3-7-17/h1-3,6-7,10-15H,4-5,8-9H2,(H,25,26,30). The number of nitrogens with zero attached hydrogens (tertiary/aromatic N) is 4. The van der Waals surface area contributed by atoms with Crippen LogP contribution in [0.4, 0.5) is 10.2 Å². The third kappa shape index (κ3) is 3.39. The molecule has 0 aliphatic heterocycles. The van der Waals surface area contributed by atoms with E-state index in [1.807, 2.05) is 30.3 Å². The molecule has 5 rings (SSSR count). The fourth-order valence-corrected chi connectivity index (χ4v) is 3.87. The molecule has 0 atom stereocenters. The lowest BCUT2D eigenvalue weighted by Crippen LogP contribution is -2.16. The van der Waals surface area contributed by atoms with Gasteiger partial charge in [-0.3, -0.25) is 4.79 Å². The lowest BCUT2D eigenvalue weighted by Gasteiger charge is -2.14. The van der Waals surface area contributed by atoms with Crippen molar-refractivity contribution in [1.29, 1.82) is 0 Å². The van der Waals surface area contributed by atoms with Gasteiger partial charge in [0.1, 0.15) is 5.82 Å². The zero-order valence-corrected chi connectivity index (χ0v) is 16.3. The maximum absolute atomic E-state index is 13.3.